The van der Waals surface area contributed by atoms with Gasteiger partial charge in [-0.3, -0.25) is 9.59 Å². The minimum Gasteiger partial charge on any atom is -0.365 e. The molecule has 0 saturated carbocycles. The zero-order valence-corrected chi connectivity index (χ0v) is 11.8. The van der Waals surface area contributed by atoms with E-state index in [0.717, 1.165) is 21.3 Å². The molecular formula is C14H13NO2S2. The van der Waals surface area contributed by atoms with Crippen LogP contribution in [-0.2, 0) is 9.59 Å². The van der Waals surface area contributed by atoms with Crippen molar-refractivity contribution in [1.82, 2.24) is 0 Å². The first-order valence-electron chi connectivity index (χ1n) is 5.75. The first-order valence-corrected chi connectivity index (χ1v) is 7.73. The van der Waals surface area contributed by atoms with Gasteiger partial charge in [0.1, 0.15) is 5.57 Å². The zero-order chi connectivity index (χ0) is 13.7. The molecule has 1 fully saturated rings. The summed E-state index contributed by atoms with van der Waals surface area (Å²) in [5, 5.41) is 0. The van der Waals surface area contributed by atoms with E-state index in [9.17, 15) is 9.59 Å². The van der Waals surface area contributed by atoms with Crippen LogP contribution in [0, 0.1) is 0 Å². The smallest absolute Gasteiger partial charge is 0.254 e. The van der Waals surface area contributed by atoms with Gasteiger partial charge in [0.05, 0.1) is 4.24 Å². The van der Waals surface area contributed by atoms with Crippen LogP contribution < -0.4 is 5.73 Å². The van der Waals surface area contributed by atoms with Crippen LogP contribution in [0.2, 0.25) is 0 Å². The summed E-state index contributed by atoms with van der Waals surface area (Å²) in [5.74, 6) is 0.840. The van der Waals surface area contributed by atoms with Crippen LogP contribution in [0.25, 0.3) is 6.08 Å². The van der Waals surface area contributed by atoms with E-state index in [4.69, 9.17) is 5.73 Å². The number of nitrogens with two attached hydrogens (primary N) is 1. The number of carbonyl (C=O) groups is 2. The Kier molecular flexibility index (Phi) is 4.87. The van der Waals surface area contributed by atoms with Crippen molar-refractivity contribution in [1.29, 1.82) is 0 Å². The molecule has 5 heteroatoms. The topological polar surface area (TPSA) is 60.2 Å². The number of hydrogen-bond donors (Lipinski definition) is 1. The summed E-state index contributed by atoms with van der Waals surface area (Å²) in [5.41, 5.74) is 6.33. The molecule has 2 rings (SSSR count). The summed E-state index contributed by atoms with van der Waals surface area (Å²) >= 11 is 3.03. The standard InChI is InChI=1S/C14H13NO2S2/c15-13(17)12(14-18-8-9-19-14)11(16)7-6-10-4-2-1-3-5-10/h1-7H,8-9H2,(H2,15,17). The number of amides is 1. The Balaban J connectivity index is 2.20. The van der Waals surface area contributed by atoms with Gasteiger partial charge in [0.25, 0.3) is 5.91 Å². The lowest BCUT2D eigenvalue weighted by atomic mass is 10.1. The molecule has 0 spiro atoms. The molecule has 0 aliphatic carbocycles. The SMILES string of the molecule is NC(=O)C(C(=O)C=Cc1ccccc1)=C1SCCS1. The van der Waals surface area contributed by atoms with Gasteiger partial charge < -0.3 is 5.73 Å². The Morgan fingerprint density at radius 1 is 1.11 bits per heavy atom. The monoisotopic (exact) mass is 291 g/mol. The maximum Gasteiger partial charge on any atom is 0.254 e. The Hall–Kier alpha value is -1.46. The van der Waals surface area contributed by atoms with Gasteiger partial charge in [-0.1, -0.05) is 36.4 Å². The second kappa shape index (κ2) is 6.63. The fourth-order valence-electron chi connectivity index (χ4n) is 1.60. The number of carbonyl (C=O) groups excluding carboxylic acids is 2. The highest BCUT2D eigenvalue weighted by molar-refractivity contribution is 8.25. The van der Waals surface area contributed by atoms with Crippen molar-refractivity contribution in [3.8, 4) is 0 Å². The van der Waals surface area contributed by atoms with E-state index < -0.39 is 5.91 Å². The van der Waals surface area contributed by atoms with Crippen molar-refractivity contribution < 1.29 is 9.59 Å². The number of allylic oxidation sites excluding steroid dienone is 1. The maximum absolute atomic E-state index is 12.1. The fourth-order valence-corrected chi connectivity index (χ4v) is 4.16. The second-order valence-corrected chi connectivity index (χ2v) is 6.30. The van der Waals surface area contributed by atoms with Gasteiger partial charge >= 0.3 is 0 Å². The normalized spacial score (nSPS) is 14.8. The van der Waals surface area contributed by atoms with Crippen LogP contribution >= 0.6 is 23.5 Å². The molecule has 0 aromatic heterocycles. The number of thioether (sulfide) groups is 2. The van der Waals surface area contributed by atoms with Crippen LogP contribution in [0.15, 0.2) is 46.2 Å². The molecule has 1 aliphatic rings. The summed E-state index contributed by atoms with van der Waals surface area (Å²) in [6, 6.07) is 9.46. The summed E-state index contributed by atoms with van der Waals surface area (Å²) in [6.45, 7) is 0. The van der Waals surface area contributed by atoms with Gasteiger partial charge in [-0.25, -0.2) is 0 Å². The fraction of sp³-hybridized carbons (Fsp3) is 0.143. The highest BCUT2D eigenvalue weighted by atomic mass is 32.2. The van der Waals surface area contributed by atoms with Gasteiger partial charge in [-0.15, -0.1) is 23.5 Å². The largest absolute Gasteiger partial charge is 0.365 e. The van der Waals surface area contributed by atoms with Crippen LogP contribution in [0.4, 0.5) is 0 Å². The molecule has 98 valence electrons. The highest BCUT2D eigenvalue weighted by Gasteiger charge is 2.22. The molecule has 2 N–H and O–H groups in total. The molecule has 3 nitrogen and oxygen atoms in total. The van der Waals surface area contributed by atoms with Crippen molar-refractivity contribution >= 4 is 41.3 Å². The van der Waals surface area contributed by atoms with Crippen molar-refractivity contribution in [2.45, 2.75) is 0 Å². The quantitative estimate of drug-likeness (QED) is 0.526. The minimum atomic E-state index is -0.653. The van der Waals surface area contributed by atoms with E-state index in [1.165, 1.54) is 29.6 Å². The molecule has 1 aromatic rings. The minimum absolute atomic E-state index is 0.111. The Labute approximate surface area is 120 Å². The Bertz CT molecular complexity index is 542. The van der Waals surface area contributed by atoms with Crippen molar-refractivity contribution in [2.24, 2.45) is 5.73 Å². The predicted octanol–water partition coefficient (Wildman–Crippen LogP) is 2.45. The Morgan fingerprint density at radius 2 is 1.74 bits per heavy atom. The molecular weight excluding hydrogens is 278 g/mol. The van der Waals surface area contributed by atoms with E-state index in [-0.39, 0.29) is 11.4 Å². The van der Waals surface area contributed by atoms with Gasteiger partial charge in [0, 0.05) is 11.5 Å². The molecule has 0 unspecified atom stereocenters. The number of rotatable bonds is 4. The van der Waals surface area contributed by atoms with Crippen molar-refractivity contribution in [2.75, 3.05) is 11.5 Å². The summed E-state index contributed by atoms with van der Waals surface area (Å²) < 4.78 is 0.746. The van der Waals surface area contributed by atoms with Gasteiger partial charge in [0.15, 0.2) is 5.78 Å². The number of benzene rings is 1. The first-order chi connectivity index (χ1) is 9.18. The predicted molar refractivity (Wildman–Crippen MR) is 81.6 cm³/mol. The summed E-state index contributed by atoms with van der Waals surface area (Å²) in [6.07, 6.45) is 3.10. The number of hydrogen-bond acceptors (Lipinski definition) is 4. The second-order valence-electron chi connectivity index (χ2n) is 3.83. The lowest BCUT2D eigenvalue weighted by Gasteiger charge is -2.02. The van der Waals surface area contributed by atoms with Gasteiger partial charge in [-0.05, 0) is 11.6 Å². The number of primary amides is 1. The van der Waals surface area contributed by atoms with Crippen LogP contribution in [0.3, 0.4) is 0 Å². The third kappa shape index (κ3) is 3.75. The molecule has 1 saturated heterocycles. The molecule has 1 aliphatic heterocycles. The lowest BCUT2D eigenvalue weighted by molar-refractivity contribution is -0.118. The van der Waals surface area contributed by atoms with E-state index in [0.29, 0.717) is 0 Å². The van der Waals surface area contributed by atoms with Crippen molar-refractivity contribution in [3.05, 3.63) is 51.8 Å². The van der Waals surface area contributed by atoms with E-state index >= 15 is 0 Å². The molecule has 0 bridgehead atoms. The lowest BCUT2D eigenvalue weighted by Crippen LogP contribution is -2.20. The van der Waals surface area contributed by atoms with Crippen LogP contribution in [0.5, 0.6) is 0 Å². The van der Waals surface area contributed by atoms with Gasteiger partial charge in [0.2, 0.25) is 0 Å². The first kappa shape index (κ1) is 14.0. The molecule has 0 atom stereocenters. The third-order valence-electron chi connectivity index (χ3n) is 2.47. The average molecular weight is 291 g/mol. The molecule has 1 heterocycles. The zero-order valence-electron chi connectivity index (χ0n) is 10.2. The average Bonchev–Trinajstić information content (AvgIpc) is 2.91. The van der Waals surface area contributed by atoms with E-state index in [1.807, 2.05) is 30.3 Å². The van der Waals surface area contributed by atoms with Crippen molar-refractivity contribution in [3.63, 3.8) is 0 Å². The van der Waals surface area contributed by atoms with E-state index in [2.05, 4.69) is 0 Å². The highest BCUT2D eigenvalue weighted by Crippen LogP contribution is 2.38. The maximum atomic E-state index is 12.1. The van der Waals surface area contributed by atoms with E-state index in [1.54, 1.807) is 6.08 Å². The third-order valence-corrected chi connectivity index (χ3v) is 5.19. The molecule has 1 aromatic carbocycles. The summed E-state index contributed by atoms with van der Waals surface area (Å²) in [4.78, 5) is 23.5. The van der Waals surface area contributed by atoms with Crippen LogP contribution in [0.1, 0.15) is 5.56 Å². The number of ketones is 1. The molecule has 19 heavy (non-hydrogen) atoms. The van der Waals surface area contributed by atoms with Crippen LogP contribution in [-0.4, -0.2) is 23.2 Å². The summed E-state index contributed by atoms with van der Waals surface area (Å²) in [7, 11) is 0. The Morgan fingerprint density at radius 3 is 2.32 bits per heavy atom. The van der Waals surface area contributed by atoms with Gasteiger partial charge in [-0.2, -0.15) is 0 Å². The molecule has 1 amide bonds. The molecule has 0 radical (unpaired) electrons.